The smallest absolute Gasteiger partial charge is 0.303 e. The molecule has 1 N–H and O–H groups in total. The van der Waals surface area contributed by atoms with Crippen LogP contribution in [0.2, 0.25) is 0 Å². The van der Waals surface area contributed by atoms with Crippen LogP contribution >= 0.6 is 0 Å². The van der Waals surface area contributed by atoms with Crippen LogP contribution in [0.3, 0.4) is 0 Å². The second kappa shape index (κ2) is 5.94. The number of ether oxygens (including phenoxy) is 2. The fourth-order valence-corrected chi connectivity index (χ4v) is 1.29. The van der Waals surface area contributed by atoms with Crippen LogP contribution in [0.4, 0.5) is 0 Å². The minimum atomic E-state index is -0.757. The van der Waals surface area contributed by atoms with Gasteiger partial charge in [-0.3, -0.25) is 4.79 Å². The van der Waals surface area contributed by atoms with E-state index >= 15 is 0 Å². The lowest BCUT2D eigenvalue weighted by molar-refractivity contribution is -0.137. The van der Waals surface area contributed by atoms with E-state index in [1.807, 2.05) is 0 Å². The Morgan fingerprint density at radius 1 is 1.62 bits per heavy atom. The summed E-state index contributed by atoms with van der Waals surface area (Å²) < 4.78 is 10.5. The third-order valence-electron chi connectivity index (χ3n) is 2.06. The van der Waals surface area contributed by atoms with E-state index in [1.54, 1.807) is 0 Å². The van der Waals surface area contributed by atoms with Gasteiger partial charge in [-0.2, -0.15) is 0 Å². The SMILES string of the molecule is O=C(O)CCCOCC1CCOC1. The summed E-state index contributed by atoms with van der Waals surface area (Å²) in [5.41, 5.74) is 0. The Kier molecular flexibility index (Phi) is 4.78. The van der Waals surface area contributed by atoms with Crippen LogP contribution in [0, 0.1) is 5.92 Å². The van der Waals surface area contributed by atoms with Gasteiger partial charge in [-0.1, -0.05) is 0 Å². The number of hydrogen-bond acceptors (Lipinski definition) is 3. The second-order valence-electron chi connectivity index (χ2n) is 3.30. The first-order chi connectivity index (χ1) is 6.29. The van der Waals surface area contributed by atoms with Gasteiger partial charge < -0.3 is 14.6 Å². The molecule has 1 saturated heterocycles. The fourth-order valence-electron chi connectivity index (χ4n) is 1.29. The molecule has 0 aromatic carbocycles. The van der Waals surface area contributed by atoms with E-state index < -0.39 is 5.97 Å². The molecule has 0 bridgehead atoms. The summed E-state index contributed by atoms with van der Waals surface area (Å²) in [6, 6.07) is 0. The summed E-state index contributed by atoms with van der Waals surface area (Å²) in [6.07, 6.45) is 1.86. The quantitative estimate of drug-likeness (QED) is 0.629. The molecule has 0 aromatic rings. The van der Waals surface area contributed by atoms with Gasteiger partial charge in [0.15, 0.2) is 0 Å². The number of rotatable bonds is 6. The number of aliphatic carboxylic acids is 1. The van der Waals surface area contributed by atoms with Crippen molar-refractivity contribution in [2.75, 3.05) is 26.4 Å². The zero-order valence-corrected chi connectivity index (χ0v) is 7.70. The van der Waals surface area contributed by atoms with Crippen molar-refractivity contribution in [3.8, 4) is 0 Å². The van der Waals surface area contributed by atoms with Crippen molar-refractivity contribution in [1.29, 1.82) is 0 Å². The predicted octanol–water partition coefficient (Wildman–Crippen LogP) is 0.904. The van der Waals surface area contributed by atoms with Crippen LogP contribution in [0.25, 0.3) is 0 Å². The van der Waals surface area contributed by atoms with Crippen molar-refractivity contribution in [2.24, 2.45) is 5.92 Å². The highest BCUT2D eigenvalue weighted by Crippen LogP contribution is 2.12. The molecule has 1 aliphatic heterocycles. The van der Waals surface area contributed by atoms with Gasteiger partial charge in [-0.15, -0.1) is 0 Å². The highest BCUT2D eigenvalue weighted by atomic mass is 16.5. The molecule has 0 aliphatic carbocycles. The summed E-state index contributed by atoms with van der Waals surface area (Å²) in [4.78, 5) is 10.1. The Balaban J connectivity index is 1.86. The first kappa shape index (κ1) is 10.5. The molecule has 1 heterocycles. The van der Waals surface area contributed by atoms with Crippen LogP contribution in [0.15, 0.2) is 0 Å². The molecule has 4 heteroatoms. The molecule has 4 nitrogen and oxygen atoms in total. The molecular weight excluding hydrogens is 172 g/mol. The van der Waals surface area contributed by atoms with Crippen LogP contribution in [0.1, 0.15) is 19.3 Å². The van der Waals surface area contributed by atoms with Gasteiger partial charge in [0.2, 0.25) is 0 Å². The predicted molar refractivity (Wildman–Crippen MR) is 46.6 cm³/mol. The van der Waals surface area contributed by atoms with Crippen LogP contribution < -0.4 is 0 Å². The zero-order chi connectivity index (χ0) is 9.52. The molecule has 76 valence electrons. The number of hydrogen-bond donors (Lipinski definition) is 1. The van der Waals surface area contributed by atoms with Crippen molar-refractivity contribution in [1.82, 2.24) is 0 Å². The number of carboxylic acids is 1. The number of carbonyl (C=O) groups is 1. The molecule has 0 aromatic heterocycles. The molecule has 0 saturated carbocycles. The van der Waals surface area contributed by atoms with E-state index in [0.29, 0.717) is 25.6 Å². The first-order valence-electron chi connectivity index (χ1n) is 4.66. The van der Waals surface area contributed by atoms with E-state index in [2.05, 4.69) is 0 Å². The van der Waals surface area contributed by atoms with Gasteiger partial charge in [-0.05, 0) is 12.8 Å². The lowest BCUT2D eigenvalue weighted by atomic mass is 10.1. The van der Waals surface area contributed by atoms with Crippen LogP contribution in [0.5, 0.6) is 0 Å². The molecule has 1 rings (SSSR count). The summed E-state index contributed by atoms with van der Waals surface area (Å²) >= 11 is 0. The maximum absolute atomic E-state index is 10.1. The highest BCUT2D eigenvalue weighted by molar-refractivity contribution is 5.66. The molecule has 0 amide bonds. The highest BCUT2D eigenvalue weighted by Gasteiger charge is 2.15. The van der Waals surface area contributed by atoms with Crippen molar-refractivity contribution < 1.29 is 19.4 Å². The zero-order valence-electron chi connectivity index (χ0n) is 7.70. The van der Waals surface area contributed by atoms with Crippen LogP contribution in [-0.2, 0) is 14.3 Å². The molecule has 0 radical (unpaired) electrons. The van der Waals surface area contributed by atoms with Gasteiger partial charge in [0.1, 0.15) is 0 Å². The summed E-state index contributed by atoms with van der Waals surface area (Å²) in [7, 11) is 0. The molecule has 0 spiro atoms. The van der Waals surface area contributed by atoms with E-state index in [1.165, 1.54) is 0 Å². The van der Waals surface area contributed by atoms with E-state index in [9.17, 15) is 4.79 Å². The molecule has 13 heavy (non-hydrogen) atoms. The van der Waals surface area contributed by atoms with Gasteiger partial charge in [0, 0.05) is 25.6 Å². The largest absolute Gasteiger partial charge is 0.481 e. The Bertz CT molecular complexity index is 152. The maximum Gasteiger partial charge on any atom is 0.303 e. The minimum absolute atomic E-state index is 0.196. The first-order valence-corrected chi connectivity index (χ1v) is 4.66. The number of carboxylic acid groups (broad SMARTS) is 1. The van der Waals surface area contributed by atoms with Crippen LogP contribution in [-0.4, -0.2) is 37.5 Å². The molecule has 1 unspecified atom stereocenters. The molecule has 1 fully saturated rings. The van der Waals surface area contributed by atoms with Gasteiger partial charge in [0.25, 0.3) is 0 Å². The summed E-state index contributed by atoms with van der Waals surface area (Å²) in [6.45, 7) is 2.88. The average Bonchev–Trinajstić information content (AvgIpc) is 2.55. The molecular formula is C9H16O4. The fraction of sp³-hybridized carbons (Fsp3) is 0.889. The van der Waals surface area contributed by atoms with Crippen molar-refractivity contribution >= 4 is 5.97 Å². The molecule has 1 aliphatic rings. The lowest BCUT2D eigenvalue weighted by Gasteiger charge is -2.07. The van der Waals surface area contributed by atoms with Crippen molar-refractivity contribution in [3.05, 3.63) is 0 Å². The molecule has 1 atom stereocenters. The van der Waals surface area contributed by atoms with Crippen molar-refractivity contribution in [3.63, 3.8) is 0 Å². The summed E-state index contributed by atoms with van der Waals surface area (Å²) in [5.74, 6) is -0.238. The Hall–Kier alpha value is -0.610. The second-order valence-corrected chi connectivity index (χ2v) is 3.30. The monoisotopic (exact) mass is 188 g/mol. The van der Waals surface area contributed by atoms with Gasteiger partial charge in [-0.25, -0.2) is 0 Å². The van der Waals surface area contributed by atoms with E-state index in [0.717, 1.165) is 19.6 Å². The third-order valence-corrected chi connectivity index (χ3v) is 2.06. The summed E-state index contributed by atoms with van der Waals surface area (Å²) in [5, 5.41) is 8.35. The van der Waals surface area contributed by atoms with E-state index in [-0.39, 0.29) is 6.42 Å². The Morgan fingerprint density at radius 3 is 3.08 bits per heavy atom. The average molecular weight is 188 g/mol. The van der Waals surface area contributed by atoms with Gasteiger partial charge >= 0.3 is 5.97 Å². The van der Waals surface area contributed by atoms with Crippen molar-refractivity contribution in [2.45, 2.75) is 19.3 Å². The van der Waals surface area contributed by atoms with E-state index in [4.69, 9.17) is 14.6 Å². The lowest BCUT2D eigenvalue weighted by Crippen LogP contribution is -2.10. The normalized spacial score (nSPS) is 22.0. The Labute approximate surface area is 77.8 Å². The third kappa shape index (κ3) is 4.85. The minimum Gasteiger partial charge on any atom is -0.481 e. The maximum atomic E-state index is 10.1. The standard InChI is InChI=1S/C9H16O4/c10-9(11)2-1-4-12-6-8-3-5-13-7-8/h8H,1-7H2,(H,10,11). The topological polar surface area (TPSA) is 55.8 Å². The van der Waals surface area contributed by atoms with Gasteiger partial charge in [0.05, 0.1) is 13.2 Å². The Morgan fingerprint density at radius 2 is 2.46 bits per heavy atom.